The smallest absolute Gasteiger partial charge is 0.254 e. The SMILES string of the molecule is COc1cccc(C(=O)N(Cc2nnc(-c3ccccc3Cl)o2)C(C)C)c1. The predicted octanol–water partition coefficient (Wildman–Crippen LogP) is 4.45. The maximum absolute atomic E-state index is 12.9. The molecule has 27 heavy (non-hydrogen) atoms. The Morgan fingerprint density at radius 2 is 1.96 bits per heavy atom. The van der Waals surface area contributed by atoms with E-state index in [9.17, 15) is 4.79 Å². The van der Waals surface area contributed by atoms with Crippen LogP contribution in [0.2, 0.25) is 5.02 Å². The molecule has 1 aromatic heterocycles. The molecule has 7 heteroatoms. The summed E-state index contributed by atoms with van der Waals surface area (Å²) in [6, 6.07) is 14.2. The van der Waals surface area contributed by atoms with Crippen molar-refractivity contribution >= 4 is 17.5 Å². The van der Waals surface area contributed by atoms with Gasteiger partial charge in [-0.25, -0.2) is 0 Å². The van der Waals surface area contributed by atoms with Gasteiger partial charge in [0.25, 0.3) is 5.91 Å². The van der Waals surface area contributed by atoms with Crippen LogP contribution in [0.3, 0.4) is 0 Å². The maximum Gasteiger partial charge on any atom is 0.254 e. The first kappa shape index (κ1) is 18.9. The first-order valence-corrected chi connectivity index (χ1v) is 8.89. The van der Waals surface area contributed by atoms with Crippen molar-refractivity contribution in [1.82, 2.24) is 15.1 Å². The van der Waals surface area contributed by atoms with Crippen molar-refractivity contribution < 1.29 is 13.9 Å². The summed E-state index contributed by atoms with van der Waals surface area (Å²) in [5.41, 5.74) is 1.20. The van der Waals surface area contributed by atoms with Crippen molar-refractivity contribution in [2.75, 3.05) is 7.11 Å². The van der Waals surface area contributed by atoms with E-state index in [1.807, 2.05) is 26.0 Å². The second kappa shape index (κ2) is 8.22. The first-order valence-electron chi connectivity index (χ1n) is 8.52. The number of hydrogen-bond donors (Lipinski definition) is 0. The van der Waals surface area contributed by atoms with Crippen LogP contribution < -0.4 is 4.74 Å². The Hall–Kier alpha value is -2.86. The molecule has 140 valence electrons. The topological polar surface area (TPSA) is 68.5 Å². The van der Waals surface area contributed by atoms with Crippen LogP contribution in [0.1, 0.15) is 30.1 Å². The van der Waals surface area contributed by atoms with Crippen molar-refractivity contribution in [3.63, 3.8) is 0 Å². The quantitative estimate of drug-likeness (QED) is 0.627. The van der Waals surface area contributed by atoms with Crippen LogP contribution in [0.5, 0.6) is 5.75 Å². The van der Waals surface area contributed by atoms with Gasteiger partial charge in [-0.15, -0.1) is 10.2 Å². The van der Waals surface area contributed by atoms with Crippen molar-refractivity contribution in [1.29, 1.82) is 0 Å². The molecule has 0 fully saturated rings. The number of aromatic nitrogens is 2. The van der Waals surface area contributed by atoms with E-state index >= 15 is 0 Å². The van der Waals surface area contributed by atoms with Crippen LogP contribution in [-0.2, 0) is 6.54 Å². The number of ether oxygens (including phenoxy) is 1. The van der Waals surface area contributed by atoms with Gasteiger partial charge < -0.3 is 14.1 Å². The maximum atomic E-state index is 12.9. The van der Waals surface area contributed by atoms with Crippen molar-refractivity contribution in [2.45, 2.75) is 26.4 Å². The zero-order valence-corrected chi connectivity index (χ0v) is 16.1. The number of halogens is 1. The molecule has 1 amide bonds. The van der Waals surface area contributed by atoms with Gasteiger partial charge in [-0.2, -0.15) is 0 Å². The average Bonchev–Trinajstić information content (AvgIpc) is 3.14. The van der Waals surface area contributed by atoms with Crippen LogP contribution in [0.4, 0.5) is 0 Å². The standard InChI is InChI=1S/C20H20ClN3O3/c1-13(2)24(20(25)14-7-6-8-15(11-14)26-3)12-18-22-23-19(27-18)16-9-4-5-10-17(16)21/h4-11,13H,12H2,1-3H3. The summed E-state index contributed by atoms with van der Waals surface area (Å²) in [5, 5.41) is 8.66. The second-order valence-corrected chi connectivity index (χ2v) is 6.65. The lowest BCUT2D eigenvalue weighted by Crippen LogP contribution is -2.36. The molecule has 0 aliphatic rings. The van der Waals surface area contributed by atoms with Crippen LogP contribution in [0.15, 0.2) is 52.9 Å². The third-order valence-electron chi connectivity index (χ3n) is 4.08. The Morgan fingerprint density at radius 3 is 2.67 bits per heavy atom. The fourth-order valence-corrected chi connectivity index (χ4v) is 2.83. The molecule has 0 unspecified atom stereocenters. The van der Waals surface area contributed by atoms with E-state index in [-0.39, 0.29) is 18.5 Å². The summed E-state index contributed by atoms with van der Waals surface area (Å²) in [7, 11) is 1.57. The molecule has 0 saturated carbocycles. The minimum absolute atomic E-state index is 0.0561. The zero-order chi connectivity index (χ0) is 19.4. The van der Waals surface area contributed by atoms with Gasteiger partial charge in [0, 0.05) is 11.6 Å². The number of rotatable bonds is 6. The number of hydrogen-bond acceptors (Lipinski definition) is 5. The summed E-state index contributed by atoms with van der Waals surface area (Å²) in [6.07, 6.45) is 0. The Morgan fingerprint density at radius 1 is 1.19 bits per heavy atom. The molecule has 0 aliphatic heterocycles. The third-order valence-corrected chi connectivity index (χ3v) is 4.41. The Balaban J connectivity index is 1.83. The predicted molar refractivity (Wildman–Crippen MR) is 103 cm³/mol. The molecule has 3 aromatic rings. The first-order chi connectivity index (χ1) is 13.0. The Kier molecular flexibility index (Phi) is 5.76. The van der Waals surface area contributed by atoms with Gasteiger partial charge in [-0.1, -0.05) is 29.8 Å². The van der Waals surface area contributed by atoms with E-state index < -0.39 is 0 Å². The molecular weight excluding hydrogens is 366 g/mol. The number of carbonyl (C=O) groups excluding carboxylic acids is 1. The molecule has 0 radical (unpaired) electrons. The van der Waals surface area contributed by atoms with Crippen LogP contribution in [0.25, 0.3) is 11.5 Å². The molecule has 2 aromatic carbocycles. The molecular formula is C20H20ClN3O3. The normalized spacial score (nSPS) is 10.9. The fourth-order valence-electron chi connectivity index (χ4n) is 2.62. The van der Waals surface area contributed by atoms with Gasteiger partial charge in [0.2, 0.25) is 11.8 Å². The molecule has 0 aliphatic carbocycles. The van der Waals surface area contributed by atoms with Gasteiger partial charge in [0.15, 0.2) is 0 Å². The highest BCUT2D eigenvalue weighted by Crippen LogP contribution is 2.27. The van der Waals surface area contributed by atoms with E-state index in [1.165, 1.54) is 0 Å². The summed E-state index contributed by atoms with van der Waals surface area (Å²) < 4.78 is 10.9. The summed E-state index contributed by atoms with van der Waals surface area (Å²) in [6.45, 7) is 4.07. The average molecular weight is 386 g/mol. The van der Waals surface area contributed by atoms with Crippen LogP contribution >= 0.6 is 11.6 Å². The number of amides is 1. The highest BCUT2D eigenvalue weighted by Gasteiger charge is 2.22. The molecule has 0 atom stereocenters. The lowest BCUT2D eigenvalue weighted by molar-refractivity contribution is 0.0672. The van der Waals surface area contributed by atoms with Gasteiger partial charge >= 0.3 is 0 Å². The molecule has 0 saturated heterocycles. The lowest BCUT2D eigenvalue weighted by atomic mass is 10.1. The monoisotopic (exact) mass is 385 g/mol. The Bertz CT molecular complexity index is 939. The van der Waals surface area contributed by atoms with Gasteiger partial charge in [-0.05, 0) is 44.2 Å². The highest BCUT2D eigenvalue weighted by atomic mass is 35.5. The van der Waals surface area contributed by atoms with Gasteiger partial charge in [0.05, 0.1) is 24.2 Å². The molecule has 3 rings (SSSR count). The largest absolute Gasteiger partial charge is 0.497 e. The molecule has 6 nitrogen and oxygen atoms in total. The van der Waals surface area contributed by atoms with Crippen molar-refractivity contribution in [3.8, 4) is 17.2 Å². The van der Waals surface area contributed by atoms with E-state index in [4.69, 9.17) is 20.8 Å². The minimum atomic E-state index is -0.138. The van der Waals surface area contributed by atoms with Crippen molar-refractivity contribution in [3.05, 3.63) is 65.0 Å². The van der Waals surface area contributed by atoms with Gasteiger partial charge in [0.1, 0.15) is 5.75 Å². The lowest BCUT2D eigenvalue weighted by Gasteiger charge is -2.25. The number of benzene rings is 2. The van der Waals surface area contributed by atoms with Gasteiger partial charge in [-0.3, -0.25) is 4.79 Å². The third kappa shape index (κ3) is 4.28. The molecule has 1 heterocycles. The molecule has 0 spiro atoms. The van der Waals surface area contributed by atoms with Crippen LogP contribution in [0, 0.1) is 0 Å². The number of carbonyl (C=O) groups is 1. The summed E-state index contributed by atoms with van der Waals surface area (Å²) in [5.74, 6) is 1.16. The van der Waals surface area contributed by atoms with E-state index in [1.54, 1.807) is 48.4 Å². The molecule has 0 N–H and O–H groups in total. The summed E-state index contributed by atoms with van der Waals surface area (Å²) in [4.78, 5) is 14.6. The summed E-state index contributed by atoms with van der Waals surface area (Å²) >= 11 is 6.18. The zero-order valence-electron chi connectivity index (χ0n) is 15.3. The minimum Gasteiger partial charge on any atom is -0.497 e. The second-order valence-electron chi connectivity index (χ2n) is 6.24. The Labute approximate surface area is 162 Å². The van der Waals surface area contributed by atoms with E-state index in [0.717, 1.165) is 0 Å². The number of methoxy groups -OCH3 is 1. The number of nitrogens with zero attached hydrogens (tertiary/aromatic N) is 3. The molecule has 0 bridgehead atoms. The highest BCUT2D eigenvalue weighted by molar-refractivity contribution is 6.33. The fraction of sp³-hybridized carbons (Fsp3) is 0.250. The van der Waals surface area contributed by atoms with E-state index in [0.29, 0.717) is 33.7 Å². The van der Waals surface area contributed by atoms with Crippen LogP contribution in [-0.4, -0.2) is 34.2 Å². The van der Waals surface area contributed by atoms with E-state index in [2.05, 4.69) is 10.2 Å². The van der Waals surface area contributed by atoms with Crippen molar-refractivity contribution in [2.24, 2.45) is 0 Å².